The topological polar surface area (TPSA) is 129 Å². The zero-order valence-corrected chi connectivity index (χ0v) is 17.5. The quantitative estimate of drug-likeness (QED) is 0.178. The molecule has 0 saturated heterocycles. The number of aliphatic imine (C=N–C) groups is 1. The third-order valence-corrected chi connectivity index (χ3v) is 4.55. The van der Waals surface area contributed by atoms with Crippen LogP contribution in [0.2, 0.25) is 0 Å². The summed E-state index contributed by atoms with van der Waals surface area (Å²) in [5.74, 6) is 3.81. The fraction of sp³-hybridized carbons (Fsp3) is 0.600. The van der Waals surface area contributed by atoms with Gasteiger partial charge in [-0.3, -0.25) is 4.99 Å². The molecule has 1 rings (SSSR count). The van der Waals surface area contributed by atoms with E-state index in [1.807, 2.05) is 13.1 Å². The number of anilines is 1. The maximum atomic E-state index is 10.4. The van der Waals surface area contributed by atoms with Gasteiger partial charge >= 0.3 is 6.16 Å². The fourth-order valence-corrected chi connectivity index (χ4v) is 2.81. The second-order valence-electron chi connectivity index (χ2n) is 6.65. The third kappa shape index (κ3) is 8.05. The van der Waals surface area contributed by atoms with Crippen LogP contribution in [0.5, 0.6) is 0 Å². The van der Waals surface area contributed by atoms with Crippen LogP contribution in [0.15, 0.2) is 4.99 Å². The first-order valence-corrected chi connectivity index (χ1v) is 9.38. The van der Waals surface area contributed by atoms with Crippen molar-refractivity contribution in [3.8, 4) is 12.3 Å². The number of hydrogen-bond acceptors (Lipinski definition) is 8. The molecule has 0 fully saturated rings. The van der Waals surface area contributed by atoms with Crippen molar-refractivity contribution < 1.29 is 24.1 Å². The van der Waals surface area contributed by atoms with Gasteiger partial charge in [0.05, 0.1) is 12.3 Å². The number of nitrogen functional groups attached to an aromatic ring is 1. The lowest BCUT2D eigenvalue weighted by molar-refractivity contribution is -0.0940. The standard InChI is InChI=1S/C20H30N4O5/c1-6-16(11-22-17-14(3)23-15(4)24-18(17)21)9-8-10-20(7-2,27-5)12-28-13-29-19(25)26/h2,11,16H,6,8-10,12-13H2,1,3-5H3,(H,25,26)(H2,21,23,24). The van der Waals surface area contributed by atoms with Crippen LogP contribution in [0.3, 0.4) is 0 Å². The van der Waals surface area contributed by atoms with Crippen LogP contribution in [0.1, 0.15) is 44.1 Å². The number of aromatic nitrogens is 2. The molecule has 29 heavy (non-hydrogen) atoms. The number of nitrogens with two attached hydrogens (primary N) is 1. The molecular formula is C20H30N4O5. The molecule has 0 spiro atoms. The van der Waals surface area contributed by atoms with Crippen molar-refractivity contribution in [1.29, 1.82) is 0 Å². The van der Waals surface area contributed by atoms with Crippen LogP contribution in [0, 0.1) is 32.1 Å². The summed E-state index contributed by atoms with van der Waals surface area (Å²) in [7, 11) is 1.50. The van der Waals surface area contributed by atoms with Gasteiger partial charge in [0, 0.05) is 13.3 Å². The van der Waals surface area contributed by atoms with E-state index in [0.717, 1.165) is 25.0 Å². The van der Waals surface area contributed by atoms with Gasteiger partial charge in [0.25, 0.3) is 0 Å². The summed E-state index contributed by atoms with van der Waals surface area (Å²) in [4.78, 5) is 23.3. The Balaban J connectivity index is 2.64. The van der Waals surface area contributed by atoms with Crippen LogP contribution in [-0.4, -0.2) is 53.6 Å². The van der Waals surface area contributed by atoms with Gasteiger partial charge in [-0.2, -0.15) is 0 Å². The third-order valence-electron chi connectivity index (χ3n) is 4.55. The number of methoxy groups -OCH3 is 1. The summed E-state index contributed by atoms with van der Waals surface area (Å²) in [6, 6.07) is 0. The average molecular weight is 406 g/mol. The molecule has 1 aromatic heterocycles. The Labute approximate surface area is 171 Å². The number of aryl methyl sites for hydroxylation is 2. The minimum atomic E-state index is -1.41. The highest BCUT2D eigenvalue weighted by Crippen LogP contribution is 2.25. The van der Waals surface area contributed by atoms with E-state index in [2.05, 4.69) is 32.5 Å². The summed E-state index contributed by atoms with van der Waals surface area (Å²) in [6.07, 6.45) is 9.14. The SMILES string of the molecule is C#CC(CCCC(C=Nc1c(C)nc(C)nc1N)CC)(COCOC(=O)O)OC. The van der Waals surface area contributed by atoms with Gasteiger partial charge < -0.3 is 25.1 Å². The van der Waals surface area contributed by atoms with Crippen molar-refractivity contribution in [2.75, 3.05) is 26.2 Å². The minimum Gasteiger partial charge on any atom is -0.450 e. The largest absolute Gasteiger partial charge is 0.507 e. The molecule has 9 heteroatoms. The minimum absolute atomic E-state index is 0.0363. The average Bonchev–Trinajstić information content (AvgIpc) is 2.67. The van der Waals surface area contributed by atoms with Crippen molar-refractivity contribution in [2.45, 2.75) is 52.1 Å². The predicted molar refractivity (Wildman–Crippen MR) is 110 cm³/mol. The molecule has 0 bridgehead atoms. The molecule has 0 aliphatic rings. The van der Waals surface area contributed by atoms with E-state index in [9.17, 15) is 4.79 Å². The molecule has 0 amide bonds. The van der Waals surface area contributed by atoms with Crippen molar-refractivity contribution in [1.82, 2.24) is 9.97 Å². The molecule has 0 saturated carbocycles. The summed E-state index contributed by atoms with van der Waals surface area (Å²) >= 11 is 0. The Bertz CT molecular complexity index is 724. The van der Waals surface area contributed by atoms with Crippen LogP contribution in [0.25, 0.3) is 0 Å². The van der Waals surface area contributed by atoms with E-state index >= 15 is 0 Å². The van der Waals surface area contributed by atoms with Crippen molar-refractivity contribution in [2.24, 2.45) is 10.9 Å². The highest BCUT2D eigenvalue weighted by Gasteiger charge is 2.27. The lowest BCUT2D eigenvalue weighted by Gasteiger charge is -2.27. The monoisotopic (exact) mass is 406 g/mol. The molecule has 2 unspecified atom stereocenters. The Morgan fingerprint density at radius 1 is 1.45 bits per heavy atom. The molecule has 0 aliphatic heterocycles. The zero-order valence-electron chi connectivity index (χ0n) is 17.5. The number of terminal acetylenes is 1. The van der Waals surface area contributed by atoms with Crippen LogP contribution in [-0.2, 0) is 14.2 Å². The fourth-order valence-electron chi connectivity index (χ4n) is 2.81. The lowest BCUT2D eigenvalue weighted by Crippen LogP contribution is -2.36. The molecule has 3 N–H and O–H groups in total. The van der Waals surface area contributed by atoms with Crippen LogP contribution >= 0.6 is 0 Å². The number of carbonyl (C=O) groups is 1. The summed E-state index contributed by atoms with van der Waals surface area (Å²) < 4.78 is 15.0. The Kier molecular flexibility index (Phi) is 10.1. The van der Waals surface area contributed by atoms with Gasteiger partial charge in [0.1, 0.15) is 11.5 Å². The smallest absolute Gasteiger partial charge is 0.450 e. The molecule has 0 aromatic carbocycles. The number of ether oxygens (including phenoxy) is 3. The Morgan fingerprint density at radius 2 is 2.17 bits per heavy atom. The first-order valence-electron chi connectivity index (χ1n) is 9.38. The first-order chi connectivity index (χ1) is 13.8. The molecule has 1 heterocycles. The second kappa shape index (κ2) is 12.0. The van der Waals surface area contributed by atoms with E-state index < -0.39 is 18.5 Å². The van der Waals surface area contributed by atoms with Crippen molar-refractivity contribution in [3.63, 3.8) is 0 Å². The highest BCUT2D eigenvalue weighted by molar-refractivity contribution is 5.71. The van der Waals surface area contributed by atoms with E-state index in [-0.39, 0.29) is 12.5 Å². The van der Waals surface area contributed by atoms with E-state index in [1.54, 1.807) is 6.92 Å². The molecule has 160 valence electrons. The zero-order chi connectivity index (χ0) is 21.9. The number of rotatable bonds is 12. The normalized spacial score (nSPS) is 14.3. The first kappa shape index (κ1) is 24.3. The van der Waals surface area contributed by atoms with E-state index in [0.29, 0.717) is 23.8 Å². The van der Waals surface area contributed by atoms with Gasteiger partial charge in [-0.15, -0.1) is 6.42 Å². The number of hydrogen-bond donors (Lipinski definition) is 2. The number of carboxylic acid groups (broad SMARTS) is 1. The van der Waals surface area contributed by atoms with Gasteiger partial charge in [-0.25, -0.2) is 14.8 Å². The molecule has 0 radical (unpaired) electrons. The van der Waals surface area contributed by atoms with Gasteiger partial charge in [0.2, 0.25) is 0 Å². The predicted octanol–water partition coefficient (Wildman–Crippen LogP) is 3.26. The molecule has 1 aromatic rings. The summed E-state index contributed by atoms with van der Waals surface area (Å²) in [6.45, 7) is 5.36. The van der Waals surface area contributed by atoms with E-state index in [4.69, 9.17) is 26.7 Å². The summed E-state index contributed by atoms with van der Waals surface area (Å²) in [5.41, 5.74) is 6.35. The lowest BCUT2D eigenvalue weighted by atomic mass is 9.93. The van der Waals surface area contributed by atoms with E-state index in [1.165, 1.54) is 7.11 Å². The molecular weight excluding hydrogens is 376 g/mol. The Hall–Kier alpha value is -2.70. The maximum absolute atomic E-state index is 10.4. The van der Waals surface area contributed by atoms with Crippen molar-refractivity contribution >= 4 is 23.9 Å². The van der Waals surface area contributed by atoms with Gasteiger partial charge in [0.15, 0.2) is 18.2 Å². The molecule has 0 aliphatic carbocycles. The molecule has 9 nitrogen and oxygen atoms in total. The molecule has 2 atom stereocenters. The maximum Gasteiger partial charge on any atom is 0.507 e. The summed E-state index contributed by atoms with van der Waals surface area (Å²) in [5, 5.41) is 8.47. The number of nitrogens with zero attached hydrogens (tertiary/aromatic N) is 3. The van der Waals surface area contributed by atoms with Crippen LogP contribution in [0.4, 0.5) is 16.3 Å². The van der Waals surface area contributed by atoms with Crippen LogP contribution < -0.4 is 5.73 Å². The van der Waals surface area contributed by atoms with Gasteiger partial charge in [-0.05, 0) is 45.4 Å². The Morgan fingerprint density at radius 3 is 2.72 bits per heavy atom. The second-order valence-corrected chi connectivity index (χ2v) is 6.65. The van der Waals surface area contributed by atoms with Gasteiger partial charge in [-0.1, -0.05) is 12.8 Å². The van der Waals surface area contributed by atoms with Crippen molar-refractivity contribution in [3.05, 3.63) is 11.5 Å². The highest BCUT2D eigenvalue weighted by atomic mass is 16.7.